The topological polar surface area (TPSA) is 68.4 Å². The SMILES string of the molecule is COC(=O)c1c2c(n(C)c1C1CC1)C(=O)C=C(N1CC1)C2=O. The number of nitrogens with zero attached hydrogens (tertiary/aromatic N) is 2. The van der Waals surface area contributed by atoms with E-state index in [2.05, 4.69) is 0 Å². The number of ketones is 2. The summed E-state index contributed by atoms with van der Waals surface area (Å²) in [5, 5.41) is 0. The van der Waals surface area contributed by atoms with Gasteiger partial charge in [0, 0.05) is 37.8 Å². The van der Waals surface area contributed by atoms with Crippen LogP contribution in [0, 0.1) is 0 Å². The summed E-state index contributed by atoms with van der Waals surface area (Å²) in [7, 11) is 3.05. The lowest BCUT2D eigenvalue weighted by Gasteiger charge is -2.14. The molecule has 0 radical (unpaired) electrons. The Hall–Kier alpha value is -2.37. The smallest absolute Gasteiger partial charge is 0.340 e. The molecule has 2 heterocycles. The number of fused-ring (bicyclic) bond motifs is 1. The molecule has 1 saturated carbocycles. The molecular formula is C16H16N2O4. The summed E-state index contributed by atoms with van der Waals surface area (Å²) in [5.74, 6) is -0.756. The van der Waals surface area contributed by atoms with Gasteiger partial charge in [-0.1, -0.05) is 0 Å². The highest BCUT2D eigenvalue weighted by Gasteiger charge is 2.43. The molecule has 1 saturated heterocycles. The zero-order valence-corrected chi connectivity index (χ0v) is 12.5. The first-order valence-electron chi connectivity index (χ1n) is 7.41. The van der Waals surface area contributed by atoms with Crippen LogP contribution in [0.1, 0.15) is 55.7 Å². The number of carbonyl (C=O) groups excluding carboxylic acids is 3. The summed E-state index contributed by atoms with van der Waals surface area (Å²) >= 11 is 0. The van der Waals surface area contributed by atoms with E-state index in [1.807, 2.05) is 4.90 Å². The molecule has 0 bridgehead atoms. The number of allylic oxidation sites excluding steroid dienone is 2. The van der Waals surface area contributed by atoms with Crippen LogP contribution in [0.3, 0.4) is 0 Å². The monoisotopic (exact) mass is 300 g/mol. The van der Waals surface area contributed by atoms with Crippen molar-refractivity contribution in [2.24, 2.45) is 7.05 Å². The molecule has 0 aromatic carbocycles. The van der Waals surface area contributed by atoms with Gasteiger partial charge in [0.25, 0.3) is 0 Å². The molecule has 2 fully saturated rings. The van der Waals surface area contributed by atoms with Gasteiger partial charge in [-0.15, -0.1) is 0 Å². The van der Waals surface area contributed by atoms with Crippen molar-refractivity contribution in [1.29, 1.82) is 0 Å². The molecule has 6 nitrogen and oxygen atoms in total. The maximum atomic E-state index is 12.8. The Bertz CT molecular complexity index is 764. The summed E-state index contributed by atoms with van der Waals surface area (Å²) in [6.07, 6.45) is 3.33. The third-order valence-electron chi connectivity index (χ3n) is 4.54. The molecule has 0 atom stereocenters. The van der Waals surface area contributed by atoms with Crippen LogP contribution < -0.4 is 0 Å². The van der Waals surface area contributed by atoms with Crippen LogP contribution >= 0.6 is 0 Å². The van der Waals surface area contributed by atoms with Crippen molar-refractivity contribution in [2.45, 2.75) is 18.8 Å². The fourth-order valence-corrected chi connectivity index (χ4v) is 3.27. The van der Waals surface area contributed by atoms with Gasteiger partial charge in [0.15, 0.2) is 0 Å². The summed E-state index contributed by atoms with van der Waals surface area (Å²) < 4.78 is 6.60. The first-order chi connectivity index (χ1) is 10.5. The van der Waals surface area contributed by atoms with E-state index in [9.17, 15) is 14.4 Å². The average Bonchev–Trinajstić information content (AvgIpc) is 3.39. The third-order valence-corrected chi connectivity index (χ3v) is 4.54. The molecule has 0 unspecified atom stereocenters. The molecule has 0 N–H and O–H groups in total. The van der Waals surface area contributed by atoms with Gasteiger partial charge in [-0.2, -0.15) is 0 Å². The highest BCUT2D eigenvalue weighted by Crippen LogP contribution is 2.45. The van der Waals surface area contributed by atoms with Crippen molar-refractivity contribution in [3.63, 3.8) is 0 Å². The molecular weight excluding hydrogens is 284 g/mol. The number of hydrogen-bond donors (Lipinski definition) is 0. The van der Waals surface area contributed by atoms with Crippen molar-refractivity contribution in [1.82, 2.24) is 9.47 Å². The Morgan fingerprint density at radius 3 is 2.50 bits per heavy atom. The first kappa shape index (κ1) is 13.3. The minimum atomic E-state index is -0.535. The lowest BCUT2D eigenvalue weighted by molar-refractivity contribution is 0.0596. The number of aromatic nitrogens is 1. The van der Waals surface area contributed by atoms with Crippen LogP contribution in [0.5, 0.6) is 0 Å². The number of esters is 1. The highest BCUT2D eigenvalue weighted by molar-refractivity contribution is 6.27. The van der Waals surface area contributed by atoms with Gasteiger partial charge in [0.2, 0.25) is 11.6 Å². The van der Waals surface area contributed by atoms with E-state index in [1.54, 1.807) is 11.6 Å². The minimum Gasteiger partial charge on any atom is -0.465 e. The molecule has 4 rings (SSSR count). The molecule has 114 valence electrons. The van der Waals surface area contributed by atoms with Gasteiger partial charge in [-0.05, 0) is 12.8 Å². The Morgan fingerprint density at radius 2 is 1.95 bits per heavy atom. The fourth-order valence-electron chi connectivity index (χ4n) is 3.27. The molecule has 3 aliphatic rings. The normalized spacial score (nSPS) is 19.9. The Kier molecular flexibility index (Phi) is 2.61. The standard InChI is InChI=1S/C16H16N2O4/c1-17-13(8-3-4-8)12(16(21)22-2)11-14(17)10(19)7-9(15(11)20)18-5-6-18/h7-8H,3-6H2,1-2H3. The van der Waals surface area contributed by atoms with Crippen LogP contribution in [-0.2, 0) is 11.8 Å². The van der Waals surface area contributed by atoms with Gasteiger partial charge in [0.05, 0.1) is 23.9 Å². The number of methoxy groups -OCH3 is 1. The second-order valence-corrected chi connectivity index (χ2v) is 6.02. The summed E-state index contributed by atoms with van der Waals surface area (Å²) in [5.41, 5.74) is 1.99. The number of carbonyl (C=O) groups is 3. The maximum absolute atomic E-state index is 12.8. The molecule has 22 heavy (non-hydrogen) atoms. The summed E-state index contributed by atoms with van der Waals surface area (Å²) in [6.45, 7) is 1.55. The fraction of sp³-hybridized carbons (Fsp3) is 0.438. The minimum absolute atomic E-state index is 0.212. The number of rotatable bonds is 3. The molecule has 2 aliphatic carbocycles. The van der Waals surface area contributed by atoms with Crippen LogP contribution in [0.15, 0.2) is 11.8 Å². The molecule has 1 aromatic rings. The maximum Gasteiger partial charge on any atom is 0.340 e. The van der Waals surface area contributed by atoms with E-state index in [-0.39, 0.29) is 28.6 Å². The highest BCUT2D eigenvalue weighted by atomic mass is 16.5. The van der Waals surface area contributed by atoms with Crippen LogP contribution in [0.2, 0.25) is 0 Å². The average molecular weight is 300 g/mol. The lowest BCUT2D eigenvalue weighted by Crippen LogP contribution is -2.23. The molecule has 0 spiro atoms. The Labute approximate surface area is 127 Å². The van der Waals surface area contributed by atoms with Crippen molar-refractivity contribution in [2.75, 3.05) is 20.2 Å². The van der Waals surface area contributed by atoms with E-state index < -0.39 is 5.97 Å². The second-order valence-electron chi connectivity index (χ2n) is 6.02. The predicted molar refractivity (Wildman–Crippen MR) is 77.0 cm³/mol. The van der Waals surface area contributed by atoms with E-state index >= 15 is 0 Å². The number of Topliss-reactive ketones (excluding diaryl/α,β-unsaturated/α-hetero) is 1. The van der Waals surface area contributed by atoms with Crippen molar-refractivity contribution in [3.8, 4) is 0 Å². The van der Waals surface area contributed by atoms with Crippen molar-refractivity contribution < 1.29 is 19.1 Å². The molecule has 1 aliphatic heterocycles. The zero-order chi connectivity index (χ0) is 15.6. The quantitative estimate of drug-likeness (QED) is 0.621. The van der Waals surface area contributed by atoms with Gasteiger partial charge >= 0.3 is 5.97 Å². The number of hydrogen-bond acceptors (Lipinski definition) is 5. The first-order valence-corrected chi connectivity index (χ1v) is 7.41. The van der Waals surface area contributed by atoms with Gasteiger partial charge in [-0.25, -0.2) is 4.79 Å². The van der Waals surface area contributed by atoms with Crippen LogP contribution in [0.25, 0.3) is 0 Å². The molecule has 1 aromatic heterocycles. The zero-order valence-electron chi connectivity index (χ0n) is 12.5. The molecule has 6 heteroatoms. The predicted octanol–water partition coefficient (Wildman–Crippen LogP) is 1.27. The van der Waals surface area contributed by atoms with Gasteiger partial charge in [-0.3, -0.25) is 9.59 Å². The summed E-state index contributed by atoms with van der Waals surface area (Å²) in [4.78, 5) is 39.4. The summed E-state index contributed by atoms with van der Waals surface area (Å²) in [6, 6.07) is 0. The van der Waals surface area contributed by atoms with E-state index in [1.165, 1.54) is 13.2 Å². The van der Waals surface area contributed by atoms with Crippen molar-refractivity contribution in [3.05, 3.63) is 34.3 Å². The van der Waals surface area contributed by atoms with E-state index in [0.29, 0.717) is 11.4 Å². The third kappa shape index (κ3) is 1.70. The lowest BCUT2D eigenvalue weighted by atomic mass is 9.94. The van der Waals surface area contributed by atoms with E-state index in [4.69, 9.17) is 4.74 Å². The van der Waals surface area contributed by atoms with Crippen LogP contribution in [-0.4, -0.2) is 47.2 Å². The number of ether oxygens (including phenoxy) is 1. The van der Waals surface area contributed by atoms with Gasteiger partial charge in [0.1, 0.15) is 5.69 Å². The van der Waals surface area contributed by atoms with E-state index in [0.717, 1.165) is 31.6 Å². The van der Waals surface area contributed by atoms with Crippen molar-refractivity contribution >= 4 is 17.5 Å². The molecule has 0 amide bonds. The van der Waals surface area contributed by atoms with Gasteiger partial charge < -0.3 is 14.2 Å². The van der Waals surface area contributed by atoms with Crippen LogP contribution in [0.4, 0.5) is 0 Å². The second kappa shape index (κ2) is 4.32. The Morgan fingerprint density at radius 1 is 1.27 bits per heavy atom. The Balaban J connectivity index is 1.96. The largest absolute Gasteiger partial charge is 0.465 e.